The van der Waals surface area contributed by atoms with Gasteiger partial charge in [-0.05, 0) is 42.8 Å². The molecule has 7 nitrogen and oxygen atoms in total. The van der Waals surface area contributed by atoms with E-state index in [1.165, 1.54) is 37.3 Å². The summed E-state index contributed by atoms with van der Waals surface area (Å²) in [7, 11) is -3.74. The van der Waals surface area contributed by atoms with Gasteiger partial charge in [-0.3, -0.25) is 4.79 Å². The summed E-state index contributed by atoms with van der Waals surface area (Å²) < 4.78 is 65.0. The molecule has 0 aliphatic heterocycles. The van der Waals surface area contributed by atoms with Gasteiger partial charge in [-0.2, -0.15) is 0 Å². The normalized spacial score (nSPS) is 11.7. The Morgan fingerprint density at radius 2 is 1.87 bits per heavy atom. The summed E-state index contributed by atoms with van der Waals surface area (Å²) in [6.07, 6.45) is -4.01. The molecule has 30 heavy (non-hydrogen) atoms. The quantitative estimate of drug-likeness (QED) is 0.539. The second-order valence-corrected chi connectivity index (χ2v) is 8.41. The highest BCUT2D eigenvalue weighted by Gasteiger charge is 2.32. The largest absolute Gasteiger partial charge is 0.573 e. The van der Waals surface area contributed by atoms with E-state index >= 15 is 0 Å². The molecule has 0 radical (unpaired) electrons. The highest BCUT2D eigenvalue weighted by atomic mass is 35.5. The van der Waals surface area contributed by atoms with Crippen LogP contribution in [0.25, 0.3) is 0 Å². The van der Waals surface area contributed by atoms with Crippen LogP contribution >= 0.6 is 11.6 Å². The van der Waals surface area contributed by atoms with E-state index in [9.17, 15) is 26.4 Å². The molecule has 1 amide bonds. The van der Waals surface area contributed by atoms with E-state index in [0.29, 0.717) is 16.8 Å². The lowest BCUT2D eigenvalue weighted by atomic mass is 10.0. The van der Waals surface area contributed by atoms with Gasteiger partial charge in [-0.15, -0.1) is 13.2 Å². The first kappa shape index (κ1) is 23.5. The van der Waals surface area contributed by atoms with Crippen molar-refractivity contribution in [3.63, 3.8) is 0 Å². The molecule has 12 heteroatoms. The first-order valence-corrected chi connectivity index (χ1v) is 10.5. The SMILES string of the molecule is CC(=N)c1cc(C(=O)NS(C)(=O)=O)ccc1NCc1ccc(OC(F)(F)F)c(Cl)c1. The molecule has 0 aliphatic carbocycles. The lowest BCUT2D eigenvalue weighted by molar-refractivity contribution is -0.274. The molecular formula is C18H17ClF3N3O4S. The summed E-state index contributed by atoms with van der Waals surface area (Å²) in [6, 6.07) is 8.02. The molecule has 0 unspecified atom stereocenters. The molecule has 0 fully saturated rings. The van der Waals surface area contributed by atoms with Crippen LogP contribution in [0.4, 0.5) is 18.9 Å². The average Bonchev–Trinajstić information content (AvgIpc) is 2.59. The molecule has 0 aliphatic rings. The predicted octanol–water partition coefficient (Wildman–Crippen LogP) is 3.93. The smallest absolute Gasteiger partial charge is 0.404 e. The molecule has 2 aromatic carbocycles. The Morgan fingerprint density at radius 1 is 1.20 bits per heavy atom. The van der Waals surface area contributed by atoms with Gasteiger partial charge in [0.1, 0.15) is 5.75 Å². The van der Waals surface area contributed by atoms with E-state index in [1.807, 2.05) is 4.72 Å². The van der Waals surface area contributed by atoms with E-state index in [1.54, 1.807) is 0 Å². The summed E-state index contributed by atoms with van der Waals surface area (Å²) in [4.78, 5) is 12.0. The van der Waals surface area contributed by atoms with E-state index in [4.69, 9.17) is 17.0 Å². The van der Waals surface area contributed by atoms with Gasteiger partial charge in [0.2, 0.25) is 10.0 Å². The number of carbonyl (C=O) groups is 1. The molecule has 3 N–H and O–H groups in total. The van der Waals surface area contributed by atoms with Crippen LogP contribution < -0.4 is 14.8 Å². The highest BCUT2D eigenvalue weighted by Crippen LogP contribution is 2.31. The van der Waals surface area contributed by atoms with Crippen molar-refractivity contribution in [2.75, 3.05) is 11.6 Å². The minimum atomic E-state index is -4.86. The zero-order chi connectivity index (χ0) is 22.7. The third kappa shape index (κ3) is 6.92. The van der Waals surface area contributed by atoms with Crippen LogP contribution in [-0.4, -0.2) is 32.7 Å². The van der Waals surface area contributed by atoms with Crippen molar-refractivity contribution in [1.82, 2.24) is 4.72 Å². The molecule has 0 saturated carbocycles. The van der Waals surface area contributed by atoms with Gasteiger partial charge in [0.25, 0.3) is 5.91 Å². The van der Waals surface area contributed by atoms with Gasteiger partial charge in [0.15, 0.2) is 0 Å². The molecule has 2 rings (SSSR count). The van der Waals surface area contributed by atoms with E-state index in [2.05, 4.69) is 10.1 Å². The Kier molecular flexibility index (Phi) is 6.99. The van der Waals surface area contributed by atoms with Crippen molar-refractivity contribution in [1.29, 1.82) is 5.41 Å². The van der Waals surface area contributed by atoms with Crippen molar-refractivity contribution < 1.29 is 31.1 Å². The Labute approximate surface area is 175 Å². The van der Waals surface area contributed by atoms with Crippen molar-refractivity contribution in [3.05, 3.63) is 58.1 Å². The number of ether oxygens (including phenoxy) is 1. The number of anilines is 1. The standard InChI is InChI=1S/C18H17ClF3N3O4S/c1-10(23)13-8-12(17(26)25-30(2,27)28)4-5-15(13)24-9-11-3-6-16(14(19)7-11)29-18(20,21)22/h3-8,23-24H,9H2,1-2H3,(H,25,26). The van der Waals surface area contributed by atoms with Gasteiger partial charge in [-0.1, -0.05) is 17.7 Å². The average molecular weight is 464 g/mol. The third-order valence-corrected chi connectivity index (χ3v) is 4.52. The molecule has 0 heterocycles. The van der Waals surface area contributed by atoms with Crippen molar-refractivity contribution in [2.45, 2.75) is 19.8 Å². The maximum Gasteiger partial charge on any atom is 0.573 e. The molecular weight excluding hydrogens is 447 g/mol. The van der Waals surface area contributed by atoms with Gasteiger partial charge in [0.05, 0.1) is 11.3 Å². The van der Waals surface area contributed by atoms with Crippen molar-refractivity contribution in [2.24, 2.45) is 0 Å². The first-order chi connectivity index (χ1) is 13.7. The fourth-order valence-electron chi connectivity index (χ4n) is 2.44. The lowest BCUT2D eigenvalue weighted by Crippen LogP contribution is -2.29. The number of carbonyl (C=O) groups excluding carboxylic acids is 1. The fourth-order valence-corrected chi connectivity index (χ4v) is 3.13. The van der Waals surface area contributed by atoms with Crippen LogP contribution in [0.1, 0.15) is 28.4 Å². The first-order valence-electron chi connectivity index (χ1n) is 8.25. The number of rotatable bonds is 7. The number of hydrogen-bond acceptors (Lipinski definition) is 6. The van der Waals surface area contributed by atoms with E-state index < -0.39 is 28.0 Å². The third-order valence-electron chi connectivity index (χ3n) is 3.67. The molecule has 0 atom stereocenters. The molecule has 0 saturated heterocycles. The minimum absolute atomic E-state index is 0.0456. The number of nitrogens with one attached hydrogen (secondary N) is 3. The molecule has 0 spiro atoms. The number of hydrogen-bond donors (Lipinski definition) is 3. The minimum Gasteiger partial charge on any atom is -0.404 e. The second kappa shape index (κ2) is 8.92. The van der Waals surface area contributed by atoms with Crippen LogP contribution in [0.5, 0.6) is 5.75 Å². The summed E-state index contributed by atoms with van der Waals surface area (Å²) in [5.74, 6) is -1.36. The lowest BCUT2D eigenvalue weighted by Gasteiger charge is -2.14. The Balaban J connectivity index is 2.19. The summed E-state index contributed by atoms with van der Waals surface area (Å²) in [6.45, 7) is 1.64. The molecule has 162 valence electrons. The fraction of sp³-hybridized carbons (Fsp3) is 0.222. The number of benzene rings is 2. The zero-order valence-electron chi connectivity index (χ0n) is 15.7. The second-order valence-electron chi connectivity index (χ2n) is 6.25. The van der Waals surface area contributed by atoms with Crippen LogP contribution in [0.3, 0.4) is 0 Å². The molecule has 0 bridgehead atoms. The van der Waals surface area contributed by atoms with Gasteiger partial charge < -0.3 is 15.5 Å². The number of sulfonamides is 1. The van der Waals surface area contributed by atoms with Crippen LogP contribution in [-0.2, 0) is 16.6 Å². The number of halogens is 4. The van der Waals surface area contributed by atoms with Crippen LogP contribution in [0.2, 0.25) is 5.02 Å². The zero-order valence-corrected chi connectivity index (χ0v) is 17.3. The van der Waals surface area contributed by atoms with E-state index in [-0.39, 0.29) is 22.8 Å². The van der Waals surface area contributed by atoms with Crippen LogP contribution in [0, 0.1) is 5.41 Å². The Morgan fingerprint density at radius 3 is 2.40 bits per heavy atom. The maximum atomic E-state index is 12.3. The summed E-state index contributed by atoms with van der Waals surface area (Å²) >= 11 is 5.83. The number of alkyl halides is 3. The highest BCUT2D eigenvalue weighted by molar-refractivity contribution is 7.89. The van der Waals surface area contributed by atoms with Gasteiger partial charge in [0, 0.05) is 29.1 Å². The van der Waals surface area contributed by atoms with Crippen molar-refractivity contribution >= 4 is 38.9 Å². The maximum absolute atomic E-state index is 12.3. The topological polar surface area (TPSA) is 108 Å². The molecule has 0 aromatic heterocycles. The van der Waals surface area contributed by atoms with Crippen LogP contribution in [0.15, 0.2) is 36.4 Å². The number of amides is 1. The van der Waals surface area contributed by atoms with Crippen molar-refractivity contribution in [3.8, 4) is 5.75 Å². The summed E-state index contributed by atoms with van der Waals surface area (Å²) in [5.41, 5.74) is 1.51. The Bertz CT molecular complexity index is 1090. The monoisotopic (exact) mass is 463 g/mol. The predicted molar refractivity (Wildman–Crippen MR) is 107 cm³/mol. The summed E-state index contributed by atoms with van der Waals surface area (Å²) in [5, 5.41) is 10.7. The van der Waals surface area contributed by atoms with Gasteiger partial charge in [-0.25, -0.2) is 13.1 Å². The van der Waals surface area contributed by atoms with Gasteiger partial charge >= 0.3 is 6.36 Å². The Hall–Kier alpha value is -2.79. The van der Waals surface area contributed by atoms with E-state index in [0.717, 1.165) is 12.3 Å². The molecule has 2 aromatic rings.